The first-order chi connectivity index (χ1) is 10.1. The van der Waals surface area contributed by atoms with Crippen LogP contribution in [-0.2, 0) is 6.42 Å². The first kappa shape index (κ1) is 15.1. The van der Waals surface area contributed by atoms with E-state index < -0.39 is 5.97 Å². The molecule has 0 spiro atoms. The van der Waals surface area contributed by atoms with Crippen LogP contribution in [-0.4, -0.2) is 16.2 Å². The molecule has 2 N–H and O–H groups in total. The number of aromatic hydroxyl groups is 1. The summed E-state index contributed by atoms with van der Waals surface area (Å²) in [6, 6.07) is 11.6. The van der Waals surface area contributed by atoms with Crippen LogP contribution in [0, 0.1) is 6.92 Å². The highest BCUT2D eigenvalue weighted by molar-refractivity contribution is 5.95. The number of rotatable bonds is 5. The van der Waals surface area contributed by atoms with Crippen molar-refractivity contribution in [3.05, 3.63) is 53.1 Å². The Morgan fingerprint density at radius 1 is 1.19 bits per heavy atom. The van der Waals surface area contributed by atoms with Gasteiger partial charge in [-0.2, -0.15) is 0 Å². The van der Waals surface area contributed by atoms with Crippen LogP contribution in [0.5, 0.6) is 5.75 Å². The maximum Gasteiger partial charge on any atom is 0.339 e. The Hall–Kier alpha value is -2.29. The van der Waals surface area contributed by atoms with Crippen LogP contribution >= 0.6 is 0 Å². The first-order valence-electron chi connectivity index (χ1n) is 7.20. The Morgan fingerprint density at radius 2 is 1.86 bits per heavy atom. The van der Waals surface area contributed by atoms with E-state index in [1.165, 1.54) is 0 Å². The molecule has 0 fully saturated rings. The van der Waals surface area contributed by atoms with Gasteiger partial charge in [-0.15, -0.1) is 0 Å². The van der Waals surface area contributed by atoms with Crippen molar-refractivity contribution in [1.82, 2.24) is 0 Å². The van der Waals surface area contributed by atoms with Crippen LogP contribution in [0.25, 0.3) is 11.1 Å². The van der Waals surface area contributed by atoms with Crippen molar-refractivity contribution >= 4 is 5.97 Å². The summed E-state index contributed by atoms with van der Waals surface area (Å²) in [5.74, 6) is -1.17. The molecule has 0 atom stereocenters. The predicted molar refractivity (Wildman–Crippen MR) is 83.9 cm³/mol. The molecule has 0 saturated carbocycles. The zero-order valence-corrected chi connectivity index (χ0v) is 12.4. The summed E-state index contributed by atoms with van der Waals surface area (Å²) in [6.45, 7) is 3.82. The summed E-state index contributed by atoms with van der Waals surface area (Å²) >= 11 is 0. The average molecular weight is 284 g/mol. The monoisotopic (exact) mass is 284 g/mol. The number of carboxylic acids is 1. The smallest absolute Gasteiger partial charge is 0.339 e. The molecule has 2 aromatic carbocycles. The molecule has 21 heavy (non-hydrogen) atoms. The lowest BCUT2D eigenvalue weighted by Crippen LogP contribution is -2.04. The van der Waals surface area contributed by atoms with Gasteiger partial charge in [-0.25, -0.2) is 4.79 Å². The van der Waals surface area contributed by atoms with Crippen LogP contribution in [0.2, 0.25) is 0 Å². The molecule has 0 heterocycles. The Kier molecular flexibility index (Phi) is 4.63. The predicted octanol–water partition coefficient (Wildman–Crippen LogP) is 4.41. The lowest BCUT2D eigenvalue weighted by atomic mass is 9.91. The molecule has 0 amide bonds. The second kappa shape index (κ2) is 6.44. The summed E-state index contributed by atoms with van der Waals surface area (Å²) < 4.78 is 0. The van der Waals surface area contributed by atoms with E-state index in [-0.39, 0.29) is 11.3 Å². The van der Waals surface area contributed by atoms with Crippen LogP contribution in [0.1, 0.15) is 41.3 Å². The van der Waals surface area contributed by atoms with Gasteiger partial charge < -0.3 is 10.2 Å². The minimum atomic E-state index is -1.08. The fourth-order valence-corrected chi connectivity index (χ4v) is 2.56. The van der Waals surface area contributed by atoms with E-state index in [0.717, 1.165) is 24.0 Å². The third-order valence-corrected chi connectivity index (χ3v) is 3.74. The van der Waals surface area contributed by atoms with E-state index in [0.29, 0.717) is 17.5 Å². The Bertz CT molecular complexity index is 645. The Balaban J connectivity index is 2.65. The van der Waals surface area contributed by atoms with Crippen molar-refractivity contribution in [2.24, 2.45) is 0 Å². The minimum absolute atomic E-state index is 0.0162. The Labute approximate surface area is 124 Å². The lowest BCUT2D eigenvalue weighted by Gasteiger charge is -2.15. The maximum atomic E-state index is 11.5. The SMILES string of the molecule is CCCCc1cc(-c2ccccc2)c(C)c(C(=O)O)c1O. The van der Waals surface area contributed by atoms with Gasteiger partial charge in [0, 0.05) is 0 Å². The van der Waals surface area contributed by atoms with Crippen LogP contribution in [0.15, 0.2) is 36.4 Å². The van der Waals surface area contributed by atoms with Crippen LogP contribution in [0.4, 0.5) is 0 Å². The summed E-state index contributed by atoms with van der Waals surface area (Å²) in [5.41, 5.74) is 3.17. The van der Waals surface area contributed by atoms with Crippen molar-refractivity contribution in [3.8, 4) is 16.9 Å². The van der Waals surface area contributed by atoms with E-state index in [1.807, 2.05) is 36.4 Å². The molecule has 0 radical (unpaired) electrons. The molecule has 110 valence electrons. The summed E-state index contributed by atoms with van der Waals surface area (Å²) in [4.78, 5) is 11.5. The molecule has 0 bridgehead atoms. The molecule has 0 aromatic heterocycles. The minimum Gasteiger partial charge on any atom is -0.507 e. The molecule has 0 unspecified atom stereocenters. The number of phenols is 1. The van der Waals surface area contributed by atoms with Gasteiger partial charge in [-0.1, -0.05) is 43.7 Å². The topological polar surface area (TPSA) is 57.5 Å². The van der Waals surface area contributed by atoms with E-state index in [1.54, 1.807) is 6.92 Å². The molecule has 0 saturated heterocycles. The molecule has 2 aromatic rings. The summed E-state index contributed by atoms with van der Waals surface area (Å²) in [6.07, 6.45) is 2.60. The average Bonchev–Trinajstić information content (AvgIpc) is 2.47. The highest BCUT2D eigenvalue weighted by Gasteiger charge is 2.20. The molecular formula is C18H20O3. The molecule has 3 nitrogen and oxygen atoms in total. The van der Waals surface area contributed by atoms with Gasteiger partial charge in [0.15, 0.2) is 0 Å². The highest BCUT2D eigenvalue weighted by Crippen LogP contribution is 2.35. The van der Waals surface area contributed by atoms with Gasteiger partial charge in [-0.05, 0) is 48.1 Å². The molecule has 3 heteroatoms. The second-order valence-corrected chi connectivity index (χ2v) is 5.21. The standard InChI is InChI=1S/C18H20O3/c1-3-4-8-14-11-15(13-9-6-5-7-10-13)12(2)16(17(14)19)18(20)21/h5-7,9-11,19H,3-4,8H2,1-2H3,(H,20,21). The number of aromatic carboxylic acids is 1. The van der Waals surface area contributed by atoms with E-state index in [4.69, 9.17) is 0 Å². The van der Waals surface area contributed by atoms with Gasteiger partial charge in [0.1, 0.15) is 11.3 Å². The molecule has 0 aliphatic rings. The van der Waals surface area contributed by atoms with Gasteiger partial charge in [0.2, 0.25) is 0 Å². The van der Waals surface area contributed by atoms with Crippen molar-refractivity contribution in [2.45, 2.75) is 33.1 Å². The summed E-state index contributed by atoms with van der Waals surface area (Å²) in [7, 11) is 0. The van der Waals surface area contributed by atoms with E-state index in [9.17, 15) is 15.0 Å². The van der Waals surface area contributed by atoms with Gasteiger partial charge in [0.25, 0.3) is 0 Å². The number of carboxylic acid groups (broad SMARTS) is 1. The van der Waals surface area contributed by atoms with Crippen molar-refractivity contribution in [3.63, 3.8) is 0 Å². The maximum absolute atomic E-state index is 11.5. The van der Waals surface area contributed by atoms with Crippen molar-refractivity contribution in [2.75, 3.05) is 0 Å². The Morgan fingerprint density at radius 3 is 2.43 bits per heavy atom. The molecule has 2 rings (SSSR count). The van der Waals surface area contributed by atoms with Crippen molar-refractivity contribution < 1.29 is 15.0 Å². The fourth-order valence-electron chi connectivity index (χ4n) is 2.56. The second-order valence-electron chi connectivity index (χ2n) is 5.21. The number of aryl methyl sites for hydroxylation is 1. The van der Waals surface area contributed by atoms with Crippen LogP contribution < -0.4 is 0 Å². The number of benzene rings is 2. The zero-order chi connectivity index (χ0) is 15.4. The number of hydrogen-bond acceptors (Lipinski definition) is 2. The van der Waals surface area contributed by atoms with Gasteiger partial charge in [0.05, 0.1) is 0 Å². The van der Waals surface area contributed by atoms with E-state index >= 15 is 0 Å². The quantitative estimate of drug-likeness (QED) is 0.855. The third-order valence-electron chi connectivity index (χ3n) is 3.74. The van der Waals surface area contributed by atoms with Gasteiger partial charge in [-0.3, -0.25) is 0 Å². The summed E-state index contributed by atoms with van der Waals surface area (Å²) in [5, 5.41) is 19.7. The molecule has 0 aliphatic heterocycles. The lowest BCUT2D eigenvalue weighted by molar-refractivity contribution is 0.0692. The number of hydrogen-bond donors (Lipinski definition) is 2. The third kappa shape index (κ3) is 3.07. The highest BCUT2D eigenvalue weighted by atomic mass is 16.4. The largest absolute Gasteiger partial charge is 0.507 e. The van der Waals surface area contributed by atoms with Gasteiger partial charge >= 0.3 is 5.97 Å². The first-order valence-corrected chi connectivity index (χ1v) is 7.20. The van der Waals surface area contributed by atoms with E-state index in [2.05, 4.69) is 6.92 Å². The zero-order valence-electron chi connectivity index (χ0n) is 12.4. The number of carbonyl (C=O) groups is 1. The van der Waals surface area contributed by atoms with Crippen LogP contribution in [0.3, 0.4) is 0 Å². The fraction of sp³-hybridized carbons (Fsp3) is 0.278. The molecule has 0 aliphatic carbocycles. The number of unbranched alkanes of at least 4 members (excludes halogenated alkanes) is 1. The normalized spacial score (nSPS) is 10.6. The molecular weight excluding hydrogens is 264 g/mol. The van der Waals surface area contributed by atoms with Crippen molar-refractivity contribution in [1.29, 1.82) is 0 Å².